The molecule has 3 amide bonds. The number of aromatic nitrogens is 1. The summed E-state index contributed by atoms with van der Waals surface area (Å²) in [5.74, 6) is -0.179. The minimum atomic E-state index is -0.490. The topological polar surface area (TPSA) is 121 Å². The molecular weight excluding hydrogens is 572 g/mol. The zero-order valence-corrected chi connectivity index (χ0v) is 27.2. The first-order valence-corrected chi connectivity index (χ1v) is 16.5. The molecule has 45 heavy (non-hydrogen) atoms. The number of nitrogens with one attached hydrogen (secondary N) is 1. The van der Waals surface area contributed by atoms with Gasteiger partial charge in [-0.25, -0.2) is 0 Å². The van der Waals surface area contributed by atoms with Gasteiger partial charge in [0.2, 0.25) is 5.91 Å². The molecule has 246 valence electrons. The van der Waals surface area contributed by atoms with E-state index in [1.54, 1.807) is 66.5 Å². The number of hydrogen-bond donors (Lipinski definition) is 2. The number of carbonyl (C=O) groups is 3. The van der Waals surface area contributed by atoms with Crippen LogP contribution in [0.15, 0.2) is 42.7 Å². The summed E-state index contributed by atoms with van der Waals surface area (Å²) in [6.07, 6.45) is 10.2. The van der Waals surface area contributed by atoms with E-state index in [9.17, 15) is 19.5 Å². The molecule has 1 aliphatic carbocycles. The van der Waals surface area contributed by atoms with Crippen molar-refractivity contribution < 1.29 is 29.0 Å². The number of aliphatic hydroxyl groups is 1. The van der Waals surface area contributed by atoms with Crippen LogP contribution in [0.25, 0.3) is 0 Å². The quantitative estimate of drug-likeness (QED) is 0.437. The van der Waals surface area contributed by atoms with Crippen LogP contribution in [0.3, 0.4) is 0 Å². The summed E-state index contributed by atoms with van der Waals surface area (Å²) < 4.78 is 12.7. The first-order chi connectivity index (χ1) is 21.7. The van der Waals surface area contributed by atoms with Crippen LogP contribution in [-0.4, -0.2) is 89.2 Å². The van der Waals surface area contributed by atoms with Gasteiger partial charge >= 0.3 is 0 Å². The van der Waals surface area contributed by atoms with E-state index in [1.165, 1.54) is 0 Å². The lowest BCUT2D eigenvalue weighted by Crippen LogP contribution is -2.48. The van der Waals surface area contributed by atoms with E-state index >= 15 is 0 Å². The summed E-state index contributed by atoms with van der Waals surface area (Å²) in [6.45, 7) is 6.71. The fourth-order valence-corrected chi connectivity index (χ4v) is 6.14. The van der Waals surface area contributed by atoms with Crippen molar-refractivity contribution >= 4 is 23.4 Å². The smallest absolute Gasteiger partial charge is 0.258 e. The highest BCUT2D eigenvalue weighted by Gasteiger charge is 2.31. The number of ether oxygens (including phenoxy) is 2. The van der Waals surface area contributed by atoms with Crippen LogP contribution in [0.2, 0.25) is 0 Å². The van der Waals surface area contributed by atoms with Crippen molar-refractivity contribution in [1.82, 2.24) is 14.8 Å². The molecule has 1 aromatic carbocycles. The molecule has 2 heterocycles. The fourth-order valence-electron chi connectivity index (χ4n) is 6.14. The molecule has 10 nitrogen and oxygen atoms in total. The van der Waals surface area contributed by atoms with Gasteiger partial charge in [-0.15, -0.1) is 0 Å². The van der Waals surface area contributed by atoms with Gasteiger partial charge in [0.1, 0.15) is 5.75 Å². The van der Waals surface area contributed by atoms with Crippen LogP contribution in [0, 0.1) is 11.8 Å². The Morgan fingerprint density at radius 1 is 1.07 bits per heavy atom. The normalized spacial score (nSPS) is 22.8. The molecule has 2 aliphatic rings. The van der Waals surface area contributed by atoms with Crippen LogP contribution < -0.4 is 10.1 Å². The van der Waals surface area contributed by atoms with E-state index in [0.29, 0.717) is 35.7 Å². The number of pyridine rings is 1. The number of nitrogens with zero attached hydrogens (tertiary/aromatic N) is 3. The van der Waals surface area contributed by atoms with E-state index in [1.807, 2.05) is 13.8 Å². The Bertz CT molecular complexity index is 1270. The number of likely N-dealkylation sites (N-methyl/N-ethyl adjacent to an activating group) is 1. The Balaban J connectivity index is 1.61. The van der Waals surface area contributed by atoms with Gasteiger partial charge in [0, 0.05) is 62.2 Å². The minimum Gasteiger partial charge on any atom is -0.490 e. The van der Waals surface area contributed by atoms with Gasteiger partial charge in [-0.2, -0.15) is 0 Å². The molecule has 1 aromatic heterocycles. The van der Waals surface area contributed by atoms with Crippen molar-refractivity contribution in [3.8, 4) is 5.75 Å². The molecule has 0 bridgehead atoms. The Kier molecular flexibility index (Phi) is 12.8. The van der Waals surface area contributed by atoms with Crippen molar-refractivity contribution in [2.75, 3.05) is 38.7 Å². The maximum Gasteiger partial charge on any atom is 0.258 e. The number of rotatable bonds is 7. The molecule has 0 radical (unpaired) electrons. The summed E-state index contributed by atoms with van der Waals surface area (Å²) in [5.41, 5.74) is 1.44. The second-order valence-electron chi connectivity index (χ2n) is 12.8. The van der Waals surface area contributed by atoms with Gasteiger partial charge in [0.25, 0.3) is 11.8 Å². The number of carbonyl (C=O) groups excluding carboxylic acids is 3. The van der Waals surface area contributed by atoms with E-state index in [0.717, 1.165) is 51.4 Å². The second kappa shape index (κ2) is 16.7. The number of aliphatic hydroxyl groups excluding tert-OH is 1. The summed E-state index contributed by atoms with van der Waals surface area (Å²) in [7, 11) is 1.75. The Morgan fingerprint density at radius 3 is 2.49 bits per heavy atom. The lowest BCUT2D eigenvalue weighted by atomic mass is 9.88. The molecule has 1 aliphatic heterocycles. The minimum absolute atomic E-state index is 0.0168. The molecule has 4 rings (SSSR count). The third kappa shape index (κ3) is 9.50. The predicted molar refractivity (Wildman–Crippen MR) is 173 cm³/mol. The first kappa shape index (κ1) is 34.4. The van der Waals surface area contributed by atoms with E-state index in [2.05, 4.69) is 10.3 Å². The van der Waals surface area contributed by atoms with Crippen molar-refractivity contribution in [3.05, 3.63) is 53.9 Å². The number of benzene rings is 1. The van der Waals surface area contributed by atoms with Gasteiger partial charge in [-0.1, -0.05) is 26.2 Å². The van der Waals surface area contributed by atoms with E-state index < -0.39 is 6.04 Å². The molecule has 0 unspecified atom stereocenters. The maximum atomic E-state index is 14.3. The van der Waals surface area contributed by atoms with Crippen LogP contribution in [0.4, 0.5) is 5.69 Å². The van der Waals surface area contributed by atoms with Crippen LogP contribution in [-0.2, 0) is 9.53 Å². The number of hydrogen-bond acceptors (Lipinski definition) is 7. The highest BCUT2D eigenvalue weighted by molar-refractivity contribution is 6.00. The van der Waals surface area contributed by atoms with Gasteiger partial charge in [-0.05, 0) is 76.3 Å². The highest BCUT2D eigenvalue weighted by Crippen LogP contribution is 2.30. The lowest BCUT2D eigenvalue weighted by Gasteiger charge is -2.36. The van der Waals surface area contributed by atoms with Gasteiger partial charge < -0.3 is 29.7 Å². The average Bonchev–Trinajstić information content (AvgIpc) is 3.06. The largest absolute Gasteiger partial charge is 0.490 e. The van der Waals surface area contributed by atoms with Crippen LogP contribution >= 0.6 is 0 Å². The molecule has 0 saturated heterocycles. The molecule has 1 saturated carbocycles. The molecule has 4 atom stereocenters. The summed E-state index contributed by atoms with van der Waals surface area (Å²) in [4.78, 5) is 47.8. The molecule has 2 N–H and O–H groups in total. The average molecular weight is 623 g/mol. The maximum absolute atomic E-state index is 14.3. The van der Waals surface area contributed by atoms with Gasteiger partial charge in [-0.3, -0.25) is 19.4 Å². The molecule has 0 spiro atoms. The number of amides is 3. The third-order valence-corrected chi connectivity index (χ3v) is 9.02. The highest BCUT2D eigenvalue weighted by atomic mass is 16.5. The summed E-state index contributed by atoms with van der Waals surface area (Å²) in [5, 5.41) is 13.3. The second-order valence-corrected chi connectivity index (χ2v) is 12.8. The van der Waals surface area contributed by atoms with E-state index in [4.69, 9.17) is 9.47 Å². The predicted octanol–water partition coefficient (Wildman–Crippen LogP) is 5.17. The first-order valence-electron chi connectivity index (χ1n) is 16.5. The van der Waals surface area contributed by atoms with Crippen LogP contribution in [0.5, 0.6) is 5.75 Å². The number of anilines is 1. The Hall–Kier alpha value is -3.50. The van der Waals surface area contributed by atoms with Crippen molar-refractivity contribution in [3.63, 3.8) is 0 Å². The zero-order chi connectivity index (χ0) is 32.3. The SMILES string of the molecule is C[C@@H]1CCCCO[C@@H](CN(C)C(=O)c2ccncc2)[C@@H](C)CN([C@@H](C)CO)C(=O)c2cc(NC(=O)C3CCCCC3)ccc2O1. The number of fused-ring (bicyclic) bond motifs is 1. The van der Waals surface area contributed by atoms with Crippen LogP contribution in [0.1, 0.15) is 92.9 Å². The Labute approximate surface area is 267 Å². The van der Waals surface area contributed by atoms with Crippen molar-refractivity contribution in [2.24, 2.45) is 11.8 Å². The monoisotopic (exact) mass is 622 g/mol. The molecule has 2 aromatic rings. The Morgan fingerprint density at radius 2 is 1.78 bits per heavy atom. The van der Waals surface area contributed by atoms with Crippen molar-refractivity contribution in [2.45, 2.75) is 90.4 Å². The summed E-state index contributed by atoms with van der Waals surface area (Å²) >= 11 is 0. The standard InChI is InChI=1S/C35H50N4O6/c1-24-21-39(25(2)23-40)35(43)30-20-29(37-33(41)27-11-6-5-7-12-27)13-14-31(30)45-26(3)10-8-9-19-44-32(24)22-38(4)34(42)28-15-17-36-18-16-28/h13-18,20,24-27,32,40H,5-12,19,21-23H2,1-4H3,(H,37,41)/t24-,25-,26+,32-/m0/s1. The molecule has 1 fully saturated rings. The van der Waals surface area contributed by atoms with Gasteiger partial charge in [0.15, 0.2) is 0 Å². The molecular formula is C35H50N4O6. The summed E-state index contributed by atoms with van der Waals surface area (Å²) in [6, 6.07) is 8.15. The lowest BCUT2D eigenvalue weighted by molar-refractivity contribution is -0.120. The van der Waals surface area contributed by atoms with E-state index in [-0.39, 0.29) is 54.9 Å². The fraction of sp³-hybridized carbons (Fsp3) is 0.600. The zero-order valence-electron chi connectivity index (χ0n) is 27.2. The van der Waals surface area contributed by atoms with Crippen molar-refractivity contribution in [1.29, 1.82) is 0 Å². The third-order valence-electron chi connectivity index (χ3n) is 9.02. The van der Waals surface area contributed by atoms with Gasteiger partial charge in [0.05, 0.1) is 30.4 Å². The molecule has 10 heteroatoms.